The maximum Gasteiger partial charge on any atom is 0.222 e. The van der Waals surface area contributed by atoms with Crippen LogP contribution in [0.3, 0.4) is 0 Å². The number of carbonyl (C=O) groups excluding carboxylic acids is 2. The van der Waals surface area contributed by atoms with Crippen LogP contribution in [0.2, 0.25) is 0 Å². The van der Waals surface area contributed by atoms with Crippen molar-refractivity contribution >= 4 is 12.2 Å². The van der Waals surface area contributed by atoms with E-state index in [9.17, 15) is 9.59 Å². The molecule has 0 bridgehead atoms. The standard InChI is InChI=1S/C10H19NO2/c1-8(2)9(13)11-6-5-10(3,4)7-12/h7-8H,5-6H2,1-4H3,(H,11,13). The molecule has 0 spiro atoms. The van der Waals surface area contributed by atoms with E-state index in [2.05, 4.69) is 5.32 Å². The van der Waals surface area contributed by atoms with Crippen molar-refractivity contribution in [1.82, 2.24) is 5.32 Å². The average molecular weight is 185 g/mol. The van der Waals surface area contributed by atoms with E-state index < -0.39 is 0 Å². The first-order valence-corrected chi connectivity index (χ1v) is 4.63. The Morgan fingerprint density at radius 2 is 2.00 bits per heavy atom. The Balaban J connectivity index is 3.68. The molecule has 1 amide bonds. The molecule has 0 aromatic carbocycles. The summed E-state index contributed by atoms with van der Waals surface area (Å²) < 4.78 is 0. The number of hydrogen-bond acceptors (Lipinski definition) is 2. The van der Waals surface area contributed by atoms with Gasteiger partial charge in [-0.1, -0.05) is 27.7 Å². The highest BCUT2D eigenvalue weighted by molar-refractivity contribution is 5.77. The van der Waals surface area contributed by atoms with Crippen LogP contribution in [0, 0.1) is 11.3 Å². The highest BCUT2D eigenvalue weighted by atomic mass is 16.1. The highest BCUT2D eigenvalue weighted by Crippen LogP contribution is 2.15. The Hall–Kier alpha value is -0.860. The summed E-state index contributed by atoms with van der Waals surface area (Å²) in [6, 6.07) is 0. The fraction of sp³-hybridized carbons (Fsp3) is 0.800. The van der Waals surface area contributed by atoms with Crippen molar-refractivity contribution in [2.75, 3.05) is 6.54 Å². The molecule has 0 heterocycles. The van der Waals surface area contributed by atoms with Gasteiger partial charge in [0.2, 0.25) is 5.91 Å². The number of amides is 1. The molecular weight excluding hydrogens is 166 g/mol. The van der Waals surface area contributed by atoms with Gasteiger partial charge in [0.25, 0.3) is 0 Å². The molecule has 0 saturated carbocycles. The second-order valence-corrected chi connectivity index (χ2v) is 4.30. The molecule has 0 aromatic rings. The molecule has 0 radical (unpaired) electrons. The first-order valence-electron chi connectivity index (χ1n) is 4.63. The lowest BCUT2D eigenvalue weighted by Crippen LogP contribution is -2.31. The number of nitrogens with one attached hydrogen (secondary N) is 1. The van der Waals surface area contributed by atoms with Crippen LogP contribution >= 0.6 is 0 Å². The van der Waals surface area contributed by atoms with E-state index in [0.29, 0.717) is 13.0 Å². The molecule has 0 fully saturated rings. The zero-order valence-electron chi connectivity index (χ0n) is 8.89. The van der Waals surface area contributed by atoms with Gasteiger partial charge in [0, 0.05) is 17.9 Å². The van der Waals surface area contributed by atoms with Crippen LogP contribution in [0.25, 0.3) is 0 Å². The number of carbonyl (C=O) groups is 2. The predicted molar refractivity (Wildman–Crippen MR) is 52.3 cm³/mol. The van der Waals surface area contributed by atoms with Gasteiger partial charge in [0.15, 0.2) is 0 Å². The molecule has 13 heavy (non-hydrogen) atoms. The van der Waals surface area contributed by atoms with E-state index in [4.69, 9.17) is 0 Å². The Labute approximate surface area is 79.9 Å². The quantitative estimate of drug-likeness (QED) is 0.658. The molecular formula is C10H19NO2. The van der Waals surface area contributed by atoms with E-state index in [1.807, 2.05) is 27.7 Å². The molecule has 3 nitrogen and oxygen atoms in total. The van der Waals surface area contributed by atoms with Gasteiger partial charge in [-0.15, -0.1) is 0 Å². The van der Waals surface area contributed by atoms with E-state index >= 15 is 0 Å². The highest BCUT2D eigenvalue weighted by Gasteiger charge is 2.16. The molecule has 0 saturated heterocycles. The van der Waals surface area contributed by atoms with Crippen LogP contribution in [0.5, 0.6) is 0 Å². The SMILES string of the molecule is CC(C)C(=O)NCCC(C)(C)C=O. The minimum atomic E-state index is -0.329. The maximum atomic E-state index is 11.1. The molecule has 0 aromatic heterocycles. The van der Waals surface area contributed by atoms with Crippen molar-refractivity contribution < 1.29 is 9.59 Å². The monoisotopic (exact) mass is 185 g/mol. The summed E-state index contributed by atoms with van der Waals surface area (Å²) in [5.41, 5.74) is -0.329. The van der Waals surface area contributed by atoms with Crippen molar-refractivity contribution in [2.24, 2.45) is 11.3 Å². The smallest absolute Gasteiger partial charge is 0.222 e. The molecule has 0 aliphatic heterocycles. The predicted octanol–water partition coefficient (Wildman–Crippen LogP) is 1.37. The van der Waals surface area contributed by atoms with Gasteiger partial charge < -0.3 is 10.1 Å². The number of hydrogen-bond donors (Lipinski definition) is 1. The zero-order valence-corrected chi connectivity index (χ0v) is 8.89. The van der Waals surface area contributed by atoms with Gasteiger partial charge in [-0.2, -0.15) is 0 Å². The summed E-state index contributed by atoms with van der Waals surface area (Å²) in [7, 11) is 0. The zero-order chi connectivity index (χ0) is 10.5. The summed E-state index contributed by atoms with van der Waals surface area (Å²) in [6.45, 7) is 7.99. The van der Waals surface area contributed by atoms with E-state index in [0.717, 1.165) is 6.29 Å². The second kappa shape index (κ2) is 5.00. The molecule has 3 heteroatoms. The number of aldehydes is 1. The Kier molecular flexibility index (Phi) is 4.67. The molecule has 0 aliphatic rings. The van der Waals surface area contributed by atoms with Crippen LogP contribution in [0.1, 0.15) is 34.1 Å². The molecule has 0 atom stereocenters. The molecule has 76 valence electrons. The first-order chi connectivity index (χ1) is 5.89. The van der Waals surface area contributed by atoms with E-state index in [1.165, 1.54) is 0 Å². The molecule has 0 aliphatic carbocycles. The topological polar surface area (TPSA) is 46.2 Å². The van der Waals surface area contributed by atoms with Crippen LogP contribution in [0.15, 0.2) is 0 Å². The summed E-state index contributed by atoms with van der Waals surface area (Å²) in [4.78, 5) is 21.6. The van der Waals surface area contributed by atoms with Crippen molar-refractivity contribution in [3.63, 3.8) is 0 Å². The van der Waals surface area contributed by atoms with Gasteiger partial charge in [-0.25, -0.2) is 0 Å². The van der Waals surface area contributed by atoms with Gasteiger partial charge in [0.1, 0.15) is 6.29 Å². The third kappa shape index (κ3) is 5.39. The average Bonchev–Trinajstić information content (AvgIpc) is 2.04. The fourth-order valence-corrected chi connectivity index (χ4v) is 0.771. The maximum absolute atomic E-state index is 11.1. The third-order valence-corrected chi connectivity index (χ3v) is 1.91. The Bertz CT molecular complexity index is 185. The third-order valence-electron chi connectivity index (χ3n) is 1.91. The van der Waals surface area contributed by atoms with Gasteiger partial charge in [0.05, 0.1) is 0 Å². The lowest BCUT2D eigenvalue weighted by molar-refractivity contribution is -0.124. The summed E-state index contributed by atoms with van der Waals surface area (Å²) in [5, 5.41) is 2.77. The number of rotatable bonds is 5. The normalized spacial score (nSPS) is 11.5. The van der Waals surface area contributed by atoms with Gasteiger partial charge in [-0.3, -0.25) is 4.79 Å². The van der Waals surface area contributed by atoms with Gasteiger partial charge >= 0.3 is 0 Å². The van der Waals surface area contributed by atoms with Crippen molar-refractivity contribution in [3.05, 3.63) is 0 Å². The van der Waals surface area contributed by atoms with Crippen molar-refractivity contribution in [2.45, 2.75) is 34.1 Å². The van der Waals surface area contributed by atoms with Crippen LogP contribution in [-0.2, 0) is 9.59 Å². The first kappa shape index (κ1) is 12.1. The summed E-state index contributed by atoms with van der Waals surface area (Å²) >= 11 is 0. The minimum Gasteiger partial charge on any atom is -0.356 e. The van der Waals surface area contributed by atoms with E-state index in [1.54, 1.807) is 0 Å². The Morgan fingerprint density at radius 3 is 2.38 bits per heavy atom. The van der Waals surface area contributed by atoms with Crippen molar-refractivity contribution in [1.29, 1.82) is 0 Å². The van der Waals surface area contributed by atoms with Crippen molar-refractivity contribution in [3.8, 4) is 0 Å². The molecule has 1 N–H and O–H groups in total. The Morgan fingerprint density at radius 1 is 1.46 bits per heavy atom. The lowest BCUT2D eigenvalue weighted by Gasteiger charge is -2.17. The van der Waals surface area contributed by atoms with Crippen LogP contribution < -0.4 is 5.32 Å². The summed E-state index contributed by atoms with van der Waals surface area (Å²) in [6.07, 6.45) is 1.61. The largest absolute Gasteiger partial charge is 0.356 e. The van der Waals surface area contributed by atoms with E-state index in [-0.39, 0.29) is 17.2 Å². The van der Waals surface area contributed by atoms with Crippen LogP contribution in [-0.4, -0.2) is 18.7 Å². The second-order valence-electron chi connectivity index (χ2n) is 4.30. The van der Waals surface area contributed by atoms with Gasteiger partial charge in [-0.05, 0) is 6.42 Å². The molecule has 0 unspecified atom stereocenters. The fourth-order valence-electron chi connectivity index (χ4n) is 0.771. The van der Waals surface area contributed by atoms with Crippen LogP contribution in [0.4, 0.5) is 0 Å². The molecule has 0 rings (SSSR count). The minimum absolute atomic E-state index is 0.0133. The lowest BCUT2D eigenvalue weighted by atomic mass is 9.91. The summed E-state index contributed by atoms with van der Waals surface area (Å²) in [5.74, 6) is 0.0565.